The van der Waals surface area contributed by atoms with Crippen LogP contribution in [0.4, 0.5) is 5.69 Å². The molecule has 0 aromatic heterocycles. The second kappa shape index (κ2) is 7.60. The zero-order valence-electron chi connectivity index (χ0n) is 12.5. The second-order valence-electron chi connectivity index (χ2n) is 6.22. The molecule has 2 N–H and O–H groups in total. The van der Waals surface area contributed by atoms with Crippen LogP contribution in [0.1, 0.15) is 19.3 Å². The lowest BCUT2D eigenvalue weighted by Gasteiger charge is -2.19. The molecule has 2 nitrogen and oxygen atoms in total. The van der Waals surface area contributed by atoms with Crippen molar-refractivity contribution in [3.8, 4) is 0 Å². The summed E-state index contributed by atoms with van der Waals surface area (Å²) in [5.74, 6) is 2.27. The van der Waals surface area contributed by atoms with E-state index in [0.717, 1.165) is 39.2 Å². The number of halogens is 2. The first-order chi connectivity index (χ1) is 11.0. The molecule has 0 spiro atoms. The molecule has 0 radical (unpaired) electrons. The molecule has 23 heavy (non-hydrogen) atoms. The van der Waals surface area contributed by atoms with Gasteiger partial charge in [-0.05, 0) is 83.4 Å². The first kappa shape index (κ1) is 17.3. The van der Waals surface area contributed by atoms with E-state index in [9.17, 15) is 0 Å². The van der Waals surface area contributed by atoms with Gasteiger partial charge in [0.15, 0.2) is 5.11 Å². The zero-order valence-corrected chi connectivity index (χ0v) is 16.5. The number of benzene rings is 1. The van der Waals surface area contributed by atoms with Gasteiger partial charge in [0.05, 0.1) is 5.02 Å². The van der Waals surface area contributed by atoms with E-state index in [4.69, 9.17) is 36.0 Å². The van der Waals surface area contributed by atoms with Gasteiger partial charge in [-0.2, -0.15) is 0 Å². The van der Waals surface area contributed by atoms with Gasteiger partial charge >= 0.3 is 0 Å². The molecule has 1 aromatic rings. The Kier molecular flexibility index (Phi) is 5.73. The summed E-state index contributed by atoms with van der Waals surface area (Å²) < 4.78 is 0.865. The summed E-state index contributed by atoms with van der Waals surface area (Å²) >= 11 is 20.3. The standard InChI is InChI=1S/C17H18BrClN2S2/c18-15-4-3-13(8-16(15)19)21-17(23)20-9-14(22)7-12-6-10-1-2-11(12)5-10/h1-4,8,10-12H,5-7,9H2,(H2,20,21,23). The SMILES string of the molecule is S=C(CNC(=S)Nc1ccc(Br)c(Cl)c1)CC1CC2C=CC1C2. The summed E-state index contributed by atoms with van der Waals surface area (Å²) in [6.07, 6.45) is 8.37. The molecule has 2 aliphatic carbocycles. The van der Waals surface area contributed by atoms with Gasteiger partial charge in [-0.3, -0.25) is 0 Å². The third-order valence-electron chi connectivity index (χ3n) is 4.53. The van der Waals surface area contributed by atoms with Gasteiger partial charge in [-0.15, -0.1) is 0 Å². The Morgan fingerprint density at radius 3 is 2.74 bits per heavy atom. The van der Waals surface area contributed by atoms with Crippen LogP contribution in [0.25, 0.3) is 0 Å². The van der Waals surface area contributed by atoms with Crippen LogP contribution >= 0.6 is 52.0 Å². The molecule has 3 rings (SSSR count). The fourth-order valence-corrected chi connectivity index (χ4v) is 4.33. The number of rotatable bonds is 5. The Morgan fingerprint density at radius 1 is 1.26 bits per heavy atom. The number of hydrogen-bond donors (Lipinski definition) is 2. The van der Waals surface area contributed by atoms with Crippen LogP contribution in [-0.2, 0) is 0 Å². The van der Waals surface area contributed by atoms with Crippen molar-refractivity contribution in [1.82, 2.24) is 5.32 Å². The Hall–Kier alpha value is -0.490. The summed E-state index contributed by atoms with van der Waals surface area (Å²) in [6, 6.07) is 5.64. The molecule has 0 heterocycles. The van der Waals surface area contributed by atoms with Crippen molar-refractivity contribution in [1.29, 1.82) is 0 Å². The fourth-order valence-electron chi connectivity index (χ4n) is 3.42. The molecular weight excluding hydrogens is 412 g/mol. The number of fused-ring (bicyclic) bond motifs is 2. The number of anilines is 1. The third-order valence-corrected chi connectivity index (χ3v) is 6.32. The second-order valence-corrected chi connectivity index (χ2v) is 8.47. The monoisotopic (exact) mass is 428 g/mol. The van der Waals surface area contributed by atoms with Gasteiger partial charge in [-0.1, -0.05) is 36.0 Å². The van der Waals surface area contributed by atoms with E-state index in [0.29, 0.717) is 16.7 Å². The first-order valence-corrected chi connectivity index (χ1v) is 9.70. The largest absolute Gasteiger partial charge is 0.358 e. The molecular formula is C17H18BrClN2S2. The highest BCUT2D eigenvalue weighted by molar-refractivity contribution is 9.10. The topological polar surface area (TPSA) is 24.1 Å². The smallest absolute Gasteiger partial charge is 0.171 e. The predicted octanol–water partition coefficient (Wildman–Crippen LogP) is 5.36. The minimum Gasteiger partial charge on any atom is -0.358 e. The molecule has 6 heteroatoms. The summed E-state index contributed by atoms with van der Waals surface area (Å²) in [5.41, 5.74) is 0.861. The van der Waals surface area contributed by atoms with Crippen LogP contribution in [0, 0.1) is 17.8 Å². The molecule has 3 atom stereocenters. The predicted molar refractivity (Wildman–Crippen MR) is 109 cm³/mol. The summed E-state index contributed by atoms with van der Waals surface area (Å²) in [6.45, 7) is 0.642. The Labute approximate surface area is 161 Å². The molecule has 122 valence electrons. The van der Waals surface area contributed by atoms with Crippen molar-refractivity contribution in [2.24, 2.45) is 17.8 Å². The van der Waals surface area contributed by atoms with Crippen LogP contribution in [0.2, 0.25) is 5.02 Å². The molecule has 1 aromatic carbocycles. The van der Waals surface area contributed by atoms with Crippen LogP contribution in [-0.4, -0.2) is 16.5 Å². The molecule has 1 saturated carbocycles. The highest BCUT2D eigenvalue weighted by atomic mass is 79.9. The highest BCUT2D eigenvalue weighted by Crippen LogP contribution is 2.44. The molecule has 1 fully saturated rings. The van der Waals surface area contributed by atoms with Crippen LogP contribution in [0.15, 0.2) is 34.8 Å². The minimum atomic E-state index is 0.568. The van der Waals surface area contributed by atoms with Gasteiger partial charge in [0.2, 0.25) is 0 Å². The number of allylic oxidation sites excluding steroid dienone is 2. The Morgan fingerprint density at radius 2 is 2.09 bits per heavy atom. The van der Waals surface area contributed by atoms with Gasteiger partial charge in [0.1, 0.15) is 0 Å². The molecule has 0 aliphatic heterocycles. The van der Waals surface area contributed by atoms with Crippen LogP contribution < -0.4 is 10.6 Å². The number of thiocarbonyl (C=S) groups is 2. The molecule has 0 saturated heterocycles. The normalized spacial score (nSPS) is 24.7. The fraction of sp³-hybridized carbons (Fsp3) is 0.412. The van der Waals surface area contributed by atoms with E-state index < -0.39 is 0 Å². The third kappa shape index (κ3) is 4.53. The van der Waals surface area contributed by atoms with E-state index in [1.807, 2.05) is 18.2 Å². The average Bonchev–Trinajstić information content (AvgIpc) is 3.12. The van der Waals surface area contributed by atoms with Gasteiger partial charge < -0.3 is 10.6 Å². The van der Waals surface area contributed by atoms with E-state index in [2.05, 4.69) is 38.7 Å². The maximum absolute atomic E-state index is 6.07. The van der Waals surface area contributed by atoms with Crippen molar-refractivity contribution >= 4 is 67.6 Å². The minimum absolute atomic E-state index is 0.568. The van der Waals surface area contributed by atoms with Crippen molar-refractivity contribution < 1.29 is 0 Å². The lowest BCUT2D eigenvalue weighted by molar-refractivity contribution is 0.465. The Balaban J connectivity index is 1.42. The lowest BCUT2D eigenvalue weighted by Crippen LogP contribution is -2.33. The maximum atomic E-state index is 6.07. The molecule has 2 bridgehead atoms. The highest BCUT2D eigenvalue weighted by Gasteiger charge is 2.35. The summed E-state index contributed by atoms with van der Waals surface area (Å²) in [4.78, 5) is 1.05. The van der Waals surface area contributed by atoms with Gasteiger partial charge in [0.25, 0.3) is 0 Å². The average molecular weight is 430 g/mol. The Bertz CT molecular complexity index is 662. The number of nitrogens with one attached hydrogen (secondary N) is 2. The first-order valence-electron chi connectivity index (χ1n) is 7.71. The van der Waals surface area contributed by atoms with Crippen LogP contribution in [0.3, 0.4) is 0 Å². The van der Waals surface area contributed by atoms with E-state index in [1.54, 1.807) is 0 Å². The maximum Gasteiger partial charge on any atom is 0.171 e. The van der Waals surface area contributed by atoms with Crippen LogP contribution in [0.5, 0.6) is 0 Å². The van der Waals surface area contributed by atoms with Crippen molar-refractivity contribution in [2.45, 2.75) is 19.3 Å². The quantitative estimate of drug-likeness (QED) is 0.486. The molecule has 0 amide bonds. The van der Waals surface area contributed by atoms with Gasteiger partial charge in [-0.25, -0.2) is 0 Å². The molecule has 2 aliphatic rings. The van der Waals surface area contributed by atoms with Crippen molar-refractivity contribution in [3.63, 3.8) is 0 Å². The summed E-state index contributed by atoms with van der Waals surface area (Å²) in [5, 5.41) is 7.54. The van der Waals surface area contributed by atoms with Crippen molar-refractivity contribution in [2.75, 3.05) is 11.9 Å². The van der Waals surface area contributed by atoms with Crippen molar-refractivity contribution in [3.05, 3.63) is 39.8 Å². The lowest BCUT2D eigenvalue weighted by atomic mass is 9.89. The summed E-state index contributed by atoms with van der Waals surface area (Å²) in [7, 11) is 0. The molecule has 3 unspecified atom stereocenters. The number of hydrogen-bond acceptors (Lipinski definition) is 2. The zero-order chi connectivity index (χ0) is 16.4. The van der Waals surface area contributed by atoms with E-state index >= 15 is 0 Å². The van der Waals surface area contributed by atoms with E-state index in [-0.39, 0.29) is 0 Å². The van der Waals surface area contributed by atoms with E-state index in [1.165, 1.54) is 12.8 Å². The van der Waals surface area contributed by atoms with Gasteiger partial charge in [0, 0.05) is 21.6 Å².